The summed E-state index contributed by atoms with van der Waals surface area (Å²) in [6.07, 6.45) is 0.142. The SMILES string of the molecule is CC(NC(=O)CNc1ccc(F)c(NC(=O)Cc2ccccc2)c1)c1ccc(Cl)cc1. The van der Waals surface area contributed by atoms with Crippen LogP contribution in [0.15, 0.2) is 72.8 Å². The summed E-state index contributed by atoms with van der Waals surface area (Å²) in [5, 5.41) is 9.04. The van der Waals surface area contributed by atoms with Gasteiger partial charge in [0.15, 0.2) is 0 Å². The molecule has 0 aliphatic rings. The topological polar surface area (TPSA) is 70.2 Å². The van der Waals surface area contributed by atoms with Crippen LogP contribution >= 0.6 is 11.6 Å². The maximum atomic E-state index is 14.1. The van der Waals surface area contributed by atoms with Gasteiger partial charge in [-0.05, 0) is 48.4 Å². The zero-order valence-electron chi connectivity index (χ0n) is 17.0. The maximum absolute atomic E-state index is 14.1. The van der Waals surface area contributed by atoms with Gasteiger partial charge in [0.2, 0.25) is 11.8 Å². The molecule has 0 radical (unpaired) electrons. The molecule has 1 atom stereocenters. The highest BCUT2D eigenvalue weighted by Gasteiger charge is 2.12. The van der Waals surface area contributed by atoms with Crippen LogP contribution in [-0.4, -0.2) is 18.4 Å². The largest absolute Gasteiger partial charge is 0.376 e. The second-order valence-electron chi connectivity index (χ2n) is 7.10. The average molecular weight is 440 g/mol. The molecule has 0 spiro atoms. The van der Waals surface area contributed by atoms with Gasteiger partial charge in [0.1, 0.15) is 5.82 Å². The van der Waals surface area contributed by atoms with Crippen LogP contribution in [0.4, 0.5) is 15.8 Å². The van der Waals surface area contributed by atoms with E-state index in [1.54, 1.807) is 12.1 Å². The molecule has 2 amide bonds. The fraction of sp³-hybridized carbons (Fsp3) is 0.167. The lowest BCUT2D eigenvalue weighted by Crippen LogP contribution is -2.32. The molecule has 3 aromatic rings. The Bertz CT molecular complexity index is 1040. The number of halogens is 2. The van der Waals surface area contributed by atoms with Gasteiger partial charge in [-0.3, -0.25) is 9.59 Å². The van der Waals surface area contributed by atoms with Crippen LogP contribution in [0.1, 0.15) is 24.1 Å². The van der Waals surface area contributed by atoms with Crippen LogP contribution in [0.25, 0.3) is 0 Å². The van der Waals surface area contributed by atoms with Gasteiger partial charge in [0.05, 0.1) is 24.7 Å². The van der Waals surface area contributed by atoms with E-state index in [2.05, 4.69) is 16.0 Å². The van der Waals surface area contributed by atoms with Gasteiger partial charge < -0.3 is 16.0 Å². The van der Waals surface area contributed by atoms with Crippen molar-refractivity contribution >= 4 is 34.8 Å². The first-order valence-electron chi connectivity index (χ1n) is 9.83. The van der Waals surface area contributed by atoms with E-state index in [0.29, 0.717) is 10.7 Å². The Balaban J connectivity index is 1.54. The number of anilines is 2. The molecule has 0 bridgehead atoms. The molecule has 0 saturated heterocycles. The van der Waals surface area contributed by atoms with Gasteiger partial charge in [-0.2, -0.15) is 0 Å². The Morgan fingerprint density at radius 3 is 2.39 bits per heavy atom. The third-order valence-electron chi connectivity index (χ3n) is 4.65. The fourth-order valence-corrected chi connectivity index (χ4v) is 3.14. The molecule has 31 heavy (non-hydrogen) atoms. The van der Waals surface area contributed by atoms with Gasteiger partial charge in [-0.15, -0.1) is 0 Å². The van der Waals surface area contributed by atoms with E-state index in [1.165, 1.54) is 18.2 Å². The number of carbonyl (C=O) groups is 2. The van der Waals surface area contributed by atoms with E-state index in [0.717, 1.165) is 11.1 Å². The molecule has 7 heteroatoms. The predicted octanol–water partition coefficient (Wildman–Crippen LogP) is 4.95. The van der Waals surface area contributed by atoms with Crippen molar-refractivity contribution in [2.24, 2.45) is 0 Å². The Hall–Kier alpha value is -3.38. The van der Waals surface area contributed by atoms with Crippen molar-refractivity contribution in [3.8, 4) is 0 Å². The molecule has 160 valence electrons. The van der Waals surface area contributed by atoms with E-state index in [1.807, 2.05) is 49.4 Å². The molecule has 0 aliphatic heterocycles. The molecule has 0 saturated carbocycles. The lowest BCUT2D eigenvalue weighted by Gasteiger charge is -2.15. The summed E-state index contributed by atoms with van der Waals surface area (Å²) in [5.41, 5.74) is 2.34. The first-order chi connectivity index (χ1) is 14.9. The third kappa shape index (κ3) is 6.83. The predicted molar refractivity (Wildman–Crippen MR) is 122 cm³/mol. The summed E-state index contributed by atoms with van der Waals surface area (Å²) in [6, 6.07) is 20.5. The number of nitrogens with one attached hydrogen (secondary N) is 3. The normalized spacial score (nSPS) is 11.5. The van der Waals surface area contributed by atoms with Gasteiger partial charge in [-0.25, -0.2) is 4.39 Å². The summed E-state index contributed by atoms with van der Waals surface area (Å²) >= 11 is 5.89. The molecule has 0 aromatic heterocycles. The van der Waals surface area contributed by atoms with Gasteiger partial charge in [0.25, 0.3) is 0 Å². The summed E-state index contributed by atoms with van der Waals surface area (Å²) < 4.78 is 14.1. The summed E-state index contributed by atoms with van der Waals surface area (Å²) in [7, 11) is 0. The second kappa shape index (κ2) is 10.6. The number of benzene rings is 3. The molecule has 1 unspecified atom stereocenters. The smallest absolute Gasteiger partial charge is 0.239 e. The molecule has 0 heterocycles. The zero-order valence-corrected chi connectivity index (χ0v) is 17.7. The Kier molecular flexibility index (Phi) is 7.62. The van der Waals surface area contributed by atoms with E-state index in [4.69, 9.17) is 11.6 Å². The molecule has 0 fully saturated rings. The highest BCUT2D eigenvalue weighted by atomic mass is 35.5. The van der Waals surface area contributed by atoms with Crippen molar-refractivity contribution in [3.63, 3.8) is 0 Å². The van der Waals surface area contributed by atoms with Crippen LogP contribution < -0.4 is 16.0 Å². The maximum Gasteiger partial charge on any atom is 0.239 e. The standard InChI is InChI=1S/C24H23ClFN3O2/c1-16(18-7-9-19(25)10-8-18)28-24(31)15-27-20-11-12-21(26)22(14-20)29-23(30)13-17-5-3-2-4-6-17/h2-12,14,16,27H,13,15H2,1H3,(H,28,31)(H,29,30). The lowest BCUT2D eigenvalue weighted by molar-refractivity contribution is -0.120. The first kappa shape index (κ1) is 22.3. The van der Waals surface area contributed by atoms with Crippen LogP contribution in [0, 0.1) is 5.82 Å². The molecule has 5 nitrogen and oxygen atoms in total. The van der Waals surface area contributed by atoms with Crippen molar-refractivity contribution < 1.29 is 14.0 Å². The summed E-state index contributed by atoms with van der Waals surface area (Å²) in [6.45, 7) is 1.88. The van der Waals surface area contributed by atoms with Crippen LogP contribution in [0.3, 0.4) is 0 Å². The molecule has 0 aliphatic carbocycles. The number of hydrogen-bond acceptors (Lipinski definition) is 3. The van der Waals surface area contributed by atoms with E-state index in [9.17, 15) is 14.0 Å². The fourth-order valence-electron chi connectivity index (χ4n) is 3.02. The average Bonchev–Trinajstić information content (AvgIpc) is 2.75. The summed E-state index contributed by atoms with van der Waals surface area (Å²) in [5.74, 6) is -1.09. The highest BCUT2D eigenvalue weighted by Crippen LogP contribution is 2.20. The number of rotatable bonds is 8. The van der Waals surface area contributed by atoms with Crippen molar-refractivity contribution in [2.45, 2.75) is 19.4 Å². The third-order valence-corrected chi connectivity index (χ3v) is 4.90. The van der Waals surface area contributed by atoms with Crippen LogP contribution in [-0.2, 0) is 16.0 Å². The Morgan fingerprint density at radius 1 is 0.968 bits per heavy atom. The van der Waals surface area contributed by atoms with Gasteiger partial charge in [0, 0.05) is 10.7 Å². The van der Waals surface area contributed by atoms with Crippen molar-refractivity contribution in [3.05, 3.63) is 94.8 Å². The minimum Gasteiger partial charge on any atom is -0.376 e. The van der Waals surface area contributed by atoms with Gasteiger partial charge >= 0.3 is 0 Å². The van der Waals surface area contributed by atoms with E-state index in [-0.39, 0.29) is 36.5 Å². The van der Waals surface area contributed by atoms with E-state index < -0.39 is 5.82 Å². The quantitative estimate of drug-likeness (QED) is 0.465. The Morgan fingerprint density at radius 2 is 1.68 bits per heavy atom. The van der Waals surface area contributed by atoms with Crippen molar-refractivity contribution in [2.75, 3.05) is 17.2 Å². The minimum absolute atomic E-state index is 0.000956. The monoisotopic (exact) mass is 439 g/mol. The number of carbonyl (C=O) groups excluding carboxylic acids is 2. The molecular weight excluding hydrogens is 417 g/mol. The van der Waals surface area contributed by atoms with Gasteiger partial charge in [-0.1, -0.05) is 54.1 Å². The highest BCUT2D eigenvalue weighted by molar-refractivity contribution is 6.30. The van der Waals surface area contributed by atoms with Crippen molar-refractivity contribution in [1.29, 1.82) is 0 Å². The van der Waals surface area contributed by atoms with Crippen LogP contribution in [0.5, 0.6) is 0 Å². The second-order valence-corrected chi connectivity index (χ2v) is 7.54. The lowest BCUT2D eigenvalue weighted by atomic mass is 10.1. The number of amides is 2. The Labute approximate surface area is 185 Å². The molecule has 3 rings (SSSR count). The first-order valence-corrected chi connectivity index (χ1v) is 10.2. The van der Waals surface area contributed by atoms with Crippen molar-refractivity contribution in [1.82, 2.24) is 5.32 Å². The zero-order chi connectivity index (χ0) is 22.2. The summed E-state index contributed by atoms with van der Waals surface area (Å²) in [4.78, 5) is 24.5. The minimum atomic E-state index is -0.548. The van der Waals surface area contributed by atoms with E-state index >= 15 is 0 Å². The van der Waals surface area contributed by atoms with Crippen LogP contribution in [0.2, 0.25) is 5.02 Å². The number of hydrogen-bond donors (Lipinski definition) is 3. The molecule has 3 N–H and O–H groups in total. The molecular formula is C24H23ClFN3O2. The molecule has 3 aromatic carbocycles.